The second-order valence-electron chi connectivity index (χ2n) is 7.25. The van der Waals surface area contributed by atoms with Crippen molar-refractivity contribution in [2.75, 3.05) is 0 Å². The molecule has 2 heterocycles. The molecular weight excluding hydrogens is 272 g/mol. The maximum absolute atomic E-state index is 12.4. The third-order valence-electron chi connectivity index (χ3n) is 5.73. The molecule has 3 heteroatoms. The van der Waals surface area contributed by atoms with Crippen molar-refractivity contribution in [2.24, 2.45) is 11.3 Å². The molecule has 2 bridgehead atoms. The number of pyridine rings is 2. The van der Waals surface area contributed by atoms with E-state index in [-0.39, 0.29) is 5.78 Å². The second kappa shape index (κ2) is 4.73. The lowest BCUT2D eigenvalue weighted by molar-refractivity contribution is -0.683. The zero-order valence-electron chi connectivity index (χ0n) is 13.1. The molecule has 0 radical (unpaired) electrons. The third-order valence-corrected chi connectivity index (χ3v) is 5.73. The Labute approximate surface area is 131 Å². The monoisotopic (exact) mass is 293 g/mol. The number of ketones is 1. The van der Waals surface area contributed by atoms with Crippen LogP contribution in [-0.2, 0) is 13.0 Å². The molecule has 3 aliphatic carbocycles. The first-order chi connectivity index (χ1) is 10.6. The molecule has 1 fully saturated rings. The van der Waals surface area contributed by atoms with Crippen molar-refractivity contribution in [3.05, 3.63) is 59.7 Å². The average molecular weight is 293 g/mol. The molecule has 0 amide bonds. The van der Waals surface area contributed by atoms with E-state index in [1.54, 1.807) is 0 Å². The van der Waals surface area contributed by atoms with Crippen molar-refractivity contribution in [2.45, 2.75) is 39.2 Å². The lowest BCUT2D eigenvalue weighted by Gasteiger charge is -2.57. The number of carbonyl (C=O) groups excluding carboxylic acids is 1. The van der Waals surface area contributed by atoms with Crippen LogP contribution in [-0.4, -0.2) is 10.8 Å². The van der Waals surface area contributed by atoms with Crippen LogP contribution in [0.4, 0.5) is 0 Å². The number of hydrogen-bond donors (Lipinski definition) is 0. The molecule has 0 aromatic carbocycles. The lowest BCUT2D eigenvalue weighted by atomic mass is 9.47. The van der Waals surface area contributed by atoms with Crippen molar-refractivity contribution in [1.29, 1.82) is 0 Å². The summed E-state index contributed by atoms with van der Waals surface area (Å²) in [6, 6.07) is 7.86. The molecule has 0 N–H and O–H groups in total. The summed E-state index contributed by atoms with van der Waals surface area (Å²) in [6.45, 7) is 5.07. The van der Waals surface area contributed by atoms with Crippen molar-refractivity contribution in [1.82, 2.24) is 4.98 Å². The topological polar surface area (TPSA) is 33.8 Å². The van der Waals surface area contributed by atoms with Crippen LogP contribution in [0.5, 0.6) is 0 Å². The molecule has 0 aliphatic heterocycles. The van der Waals surface area contributed by atoms with Gasteiger partial charge in [0.05, 0.1) is 0 Å². The molecular formula is C19H21N2O+. The lowest BCUT2D eigenvalue weighted by Crippen LogP contribution is -2.48. The Morgan fingerprint density at radius 3 is 2.82 bits per heavy atom. The predicted octanol–water partition coefficient (Wildman–Crippen LogP) is 2.94. The molecule has 0 spiro atoms. The van der Waals surface area contributed by atoms with E-state index < -0.39 is 0 Å². The fraction of sp³-hybridized carbons (Fsp3) is 0.421. The van der Waals surface area contributed by atoms with Crippen LogP contribution < -0.4 is 4.57 Å². The standard InChI is InChI=1S/C19H21N2O/c1-19(2)14-8-13-9-17(20-11-15(13)16(19)10-14)18(22)12-21-6-4-3-5-7-21/h3-7,9,11,14,16H,8,10,12H2,1-2H3/q+1/t14-,16-/m0/s1. The van der Waals surface area contributed by atoms with Gasteiger partial charge in [0.25, 0.3) is 0 Å². The van der Waals surface area contributed by atoms with Crippen LogP contribution in [0.25, 0.3) is 0 Å². The summed E-state index contributed by atoms with van der Waals surface area (Å²) in [7, 11) is 0. The van der Waals surface area contributed by atoms with E-state index in [4.69, 9.17) is 0 Å². The van der Waals surface area contributed by atoms with Gasteiger partial charge in [-0.3, -0.25) is 9.78 Å². The van der Waals surface area contributed by atoms with Gasteiger partial charge in [-0.2, -0.15) is 4.57 Å². The van der Waals surface area contributed by atoms with Gasteiger partial charge in [-0.25, -0.2) is 0 Å². The Kier molecular flexibility index (Phi) is 2.93. The van der Waals surface area contributed by atoms with Gasteiger partial charge in [-0.15, -0.1) is 0 Å². The van der Waals surface area contributed by atoms with Crippen LogP contribution in [0.15, 0.2) is 42.9 Å². The van der Waals surface area contributed by atoms with E-state index in [0.29, 0.717) is 23.6 Å². The Morgan fingerprint density at radius 2 is 2.09 bits per heavy atom. The van der Waals surface area contributed by atoms with Crippen LogP contribution in [0, 0.1) is 11.3 Å². The first kappa shape index (κ1) is 13.6. The zero-order chi connectivity index (χ0) is 15.3. The molecule has 22 heavy (non-hydrogen) atoms. The molecule has 0 saturated heterocycles. The highest BCUT2D eigenvalue weighted by Gasteiger charge is 2.52. The highest BCUT2D eigenvalue weighted by atomic mass is 16.1. The normalized spacial score (nSPS) is 24.3. The van der Waals surface area contributed by atoms with Crippen molar-refractivity contribution in [3.8, 4) is 0 Å². The number of rotatable bonds is 3. The Morgan fingerprint density at radius 1 is 1.32 bits per heavy atom. The van der Waals surface area contributed by atoms with E-state index in [1.165, 1.54) is 17.5 Å². The van der Waals surface area contributed by atoms with Gasteiger partial charge in [-0.1, -0.05) is 19.9 Å². The molecule has 0 unspecified atom stereocenters. The molecule has 2 aromatic heterocycles. The third kappa shape index (κ3) is 1.99. The van der Waals surface area contributed by atoms with Gasteiger partial charge in [0.15, 0.2) is 12.4 Å². The van der Waals surface area contributed by atoms with E-state index in [2.05, 4.69) is 18.8 Å². The molecule has 5 rings (SSSR count). The van der Waals surface area contributed by atoms with E-state index >= 15 is 0 Å². The summed E-state index contributed by atoms with van der Waals surface area (Å²) in [6.07, 6.45) is 8.16. The minimum Gasteiger partial charge on any atom is -0.285 e. The summed E-state index contributed by atoms with van der Waals surface area (Å²) < 4.78 is 1.89. The Balaban J connectivity index is 1.59. The van der Waals surface area contributed by atoms with Gasteiger partial charge in [0, 0.05) is 18.3 Å². The van der Waals surface area contributed by atoms with E-state index in [1.807, 2.05) is 47.4 Å². The van der Waals surface area contributed by atoms with E-state index in [9.17, 15) is 4.79 Å². The van der Waals surface area contributed by atoms with Crippen molar-refractivity contribution < 1.29 is 9.36 Å². The first-order valence-electron chi connectivity index (χ1n) is 8.02. The average Bonchev–Trinajstić information content (AvgIpc) is 2.54. The Bertz CT molecular complexity index is 736. The van der Waals surface area contributed by atoms with Crippen molar-refractivity contribution in [3.63, 3.8) is 0 Å². The smallest absolute Gasteiger partial charge is 0.245 e. The van der Waals surface area contributed by atoms with Crippen molar-refractivity contribution >= 4 is 5.78 Å². The SMILES string of the molecule is CC1(C)[C@H]2Cc3cc(C(=O)C[n+]4ccccc4)ncc3[C@@H]1C2. The van der Waals surface area contributed by atoms with Gasteiger partial charge >= 0.3 is 0 Å². The van der Waals surface area contributed by atoms with Gasteiger partial charge in [-0.05, 0) is 47.3 Å². The molecule has 1 saturated carbocycles. The predicted molar refractivity (Wildman–Crippen MR) is 83.5 cm³/mol. The quantitative estimate of drug-likeness (QED) is 0.644. The summed E-state index contributed by atoms with van der Waals surface area (Å²) in [4.78, 5) is 16.9. The number of hydrogen-bond acceptors (Lipinski definition) is 2. The fourth-order valence-corrected chi connectivity index (χ4v) is 4.09. The molecule has 2 aromatic rings. The minimum absolute atomic E-state index is 0.0810. The Hall–Kier alpha value is -2.03. The molecule has 3 nitrogen and oxygen atoms in total. The van der Waals surface area contributed by atoms with Gasteiger partial charge in [0.1, 0.15) is 5.69 Å². The maximum atomic E-state index is 12.4. The number of Topliss-reactive ketones (excluding diaryl/α,β-unsaturated/α-hetero) is 1. The molecule has 112 valence electrons. The van der Waals surface area contributed by atoms with Crippen LogP contribution >= 0.6 is 0 Å². The first-order valence-corrected chi connectivity index (χ1v) is 8.02. The largest absolute Gasteiger partial charge is 0.285 e. The van der Waals surface area contributed by atoms with Gasteiger partial charge in [0.2, 0.25) is 12.3 Å². The fourth-order valence-electron chi connectivity index (χ4n) is 4.09. The minimum atomic E-state index is 0.0810. The summed E-state index contributed by atoms with van der Waals surface area (Å²) in [5.41, 5.74) is 3.72. The summed E-state index contributed by atoms with van der Waals surface area (Å²) in [5, 5.41) is 0. The van der Waals surface area contributed by atoms with Crippen LogP contribution in [0.3, 0.4) is 0 Å². The second-order valence-corrected chi connectivity index (χ2v) is 7.25. The molecule has 2 atom stereocenters. The van der Waals surface area contributed by atoms with Gasteiger partial charge < -0.3 is 0 Å². The number of aromatic nitrogens is 2. The summed E-state index contributed by atoms with van der Waals surface area (Å²) >= 11 is 0. The highest BCUT2D eigenvalue weighted by Crippen LogP contribution is 2.61. The maximum Gasteiger partial charge on any atom is 0.245 e. The molecule has 3 aliphatic rings. The highest BCUT2D eigenvalue weighted by molar-refractivity contribution is 5.93. The zero-order valence-corrected chi connectivity index (χ0v) is 13.1. The number of nitrogens with zero attached hydrogens (tertiary/aromatic N) is 2. The summed E-state index contributed by atoms with van der Waals surface area (Å²) in [5.74, 6) is 1.47. The van der Waals surface area contributed by atoms with Crippen LogP contribution in [0.1, 0.15) is 47.8 Å². The number of carbonyl (C=O) groups is 1. The van der Waals surface area contributed by atoms with Crippen LogP contribution in [0.2, 0.25) is 0 Å². The van der Waals surface area contributed by atoms with E-state index in [0.717, 1.165) is 12.3 Å².